The van der Waals surface area contributed by atoms with E-state index in [0.29, 0.717) is 5.56 Å². The molecule has 0 atom stereocenters. The van der Waals surface area contributed by atoms with E-state index in [9.17, 15) is 2.74 Å². The molecule has 11 aromatic carbocycles. The van der Waals surface area contributed by atoms with Crippen LogP contribution in [0.25, 0.3) is 143 Å². The lowest BCUT2D eigenvalue weighted by atomic mass is 9.85. The molecule has 3 nitrogen and oxygen atoms in total. The second-order valence-electron chi connectivity index (χ2n) is 17.4. The molecule has 320 valence electrons. The van der Waals surface area contributed by atoms with Crippen molar-refractivity contribution in [2.75, 3.05) is 0 Å². The maximum atomic E-state index is 9.32. The van der Waals surface area contributed by atoms with Gasteiger partial charge in [0.1, 0.15) is 11.5 Å². The molecular formula is C66H40N2O. The van der Waals surface area contributed by atoms with Crippen molar-refractivity contribution in [3.63, 3.8) is 0 Å². The number of nitrogens with zero attached hydrogens (tertiary/aromatic N) is 2. The quantitative estimate of drug-likeness (QED) is 0.156. The monoisotopic (exact) mass is 883 g/mol. The van der Waals surface area contributed by atoms with Gasteiger partial charge in [0.15, 0.2) is 0 Å². The zero-order valence-corrected chi connectivity index (χ0v) is 36.9. The molecule has 14 aromatic rings. The van der Waals surface area contributed by atoms with Gasteiger partial charge in [0.05, 0.1) is 26.3 Å². The predicted octanol–water partition coefficient (Wildman–Crippen LogP) is 18.1. The summed E-state index contributed by atoms with van der Waals surface area (Å²) in [5.41, 5.74) is 8.69. The Balaban J connectivity index is 1.03. The molecule has 3 heteroatoms. The van der Waals surface area contributed by atoms with Gasteiger partial charge in [-0.15, -0.1) is 0 Å². The lowest BCUT2D eigenvalue weighted by Gasteiger charge is -2.16. The summed E-state index contributed by atoms with van der Waals surface area (Å²) in [5.74, 6) is 1.52. The number of aromatic nitrogens is 2. The summed E-state index contributed by atoms with van der Waals surface area (Å²) in [5, 5.41) is 10.2. The number of hydrogen-bond acceptors (Lipinski definition) is 3. The van der Waals surface area contributed by atoms with Crippen LogP contribution < -0.4 is 0 Å². The molecule has 0 fully saturated rings. The van der Waals surface area contributed by atoms with Gasteiger partial charge in [-0.25, -0.2) is 4.98 Å². The van der Waals surface area contributed by atoms with Crippen LogP contribution in [0.4, 0.5) is 0 Å². The number of furan rings is 1. The van der Waals surface area contributed by atoms with Crippen LogP contribution in [-0.4, -0.2) is 9.97 Å². The van der Waals surface area contributed by atoms with E-state index >= 15 is 0 Å². The zero-order chi connectivity index (χ0) is 51.5. The minimum absolute atomic E-state index is 0.0159. The van der Waals surface area contributed by atoms with Crippen LogP contribution in [0.1, 0.15) is 9.60 Å². The van der Waals surface area contributed by atoms with Crippen molar-refractivity contribution in [1.82, 2.24) is 9.97 Å². The Morgan fingerprint density at radius 1 is 0.304 bits per heavy atom. The molecular weight excluding hydrogens is 837 g/mol. The smallest absolute Gasteiger partial charge is 0.143 e. The van der Waals surface area contributed by atoms with Crippen molar-refractivity contribution < 1.29 is 14.0 Å². The van der Waals surface area contributed by atoms with Crippen molar-refractivity contribution >= 4 is 75.7 Å². The van der Waals surface area contributed by atoms with E-state index in [1.54, 1.807) is 0 Å². The Morgan fingerprint density at radius 2 is 0.696 bits per heavy atom. The highest BCUT2D eigenvalue weighted by molar-refractivity contribution is 6.17. The molecule has 0 saturated carbocycles. The first-order valence-corrected chi connectivity index (χ1v) is 23.0. The normalized spacial score (nSPS) is 13.2. The highest BCUT2D eigenvalue weighted by atomic mass is 16.3. The van der Waals surface area contributed by atoms with Crippen molar-refractivity contribution in [1.29, 1.82) is 0 Å². The standard InChI is InChI=1S/C66H40N2O/c1-4-22-46-41(15-1)18-11-29-56(46)61-62(57-30-12-19-42-16-2-5-23-47(42)57)66(69-65(61)58-31-13-20-43-17-3-6-24-48(43)58)59-38-36-54(50-26-8-10-28-52(50)59)53-35-37-55(51-27-9-7-25-49(51)53)60-39-34-45-33-32-44-21-14-40-67-63(44)64(45)68-60/h1-40H/i14D,21D,32D,33D,34D,39D,40D. The fourth-order valence-electron chi connectivity index (χ4n) is 10.5. The number of pyridine rings is 2. The second kappa shape index (κ2) is 15.7. The molecule has 0 aliphatic rings. The first-order valence-electron chi connectivity index (χ1n) is 26.5. The summed E-state index contributed by atoms with van der Waals surface area (Å²) in [6.07, 6.45) is -0.471. The molecule has 0 radical (unpaired) electrons. The second-order valence-corrected chi connectivity index (χ2v) is 17.4. The Hall–Kier alpha value is -9.18. The Kier molecular flexibility index (Phi) is 7.40. The summed E-state index contributed by atoms with van der Waals surface area (Å²) in [7, 11) is 0. The van der Waals surface area contributed by atoms with E-state index in [2.05, 4.69) is 169 Å². The maximum Gasteiger partial charge on any atom is 0.143 e. The van der Waals surface area contributed by atoms with Crippen molar-refractivity contribution in [3.8, 4) is 67.3 Å². The van der Waals surface area contributed by atoms with E-state index in [4.69, 9.17) is 16.3 Å². The average Bonchev–Trinajstić information content (AvgIpc) is 3.98. The molecule has 0 aliphatic heterocycles. The summed E-state index contributed by atoms with van der Waals surface area (Å²) in [6.45, 7) is 0. The molecule has 0 saturated heterocycles. The van der Waals surface area contributed by atoms with Crippen LogP contribution in [0.15, 0.2) is 247 Å². The van der Waals surface area contributed by atoms with Crippen LogP contribution >= 0.6 is 0 Å². The van der Waals surface area contributed by atoms with E-state index in [1.807, 2.05) is 36.4 Å². The third kappa shape index (κ3) is 6.21. The van der Waals surface area contributed by atoms with Crippen molar-refractivity contribution in [3.05, 3.63) is 243 Å². The van der Waals surface area contributed by atoms with Gasteiger partial charge in [0, 0.05) is 44.8 Å². The van der Waals surface area contributed by atoms with E-state index in [0.717, 1.165) is 110 Å². The summed E-state index contributed by atoms with van der Waals surface area (Å²) < 4.78 is 69.0. The summed E-state index contributed by atoms with van der Waals surface area (Å²) in [6, 6.07) is 67.4. The number of benzene rings is 11. The third-order valence-electron chi connectivity index (χ3n) is 13.6. The number of hydrogen-bond donors (Lipinski definition) is 0. The highest BCUT2D eigenvalue weighted by Gasteiger charge is 2.29. The fourth-order valence-corrected chi connectivity index (χ4v) is 10.5. The summed E-state index contributed by atoms with van der Waals surface area (Å²) >= 11 is 0. The molecule has 69 heavy (non-hydrogen) atoms. The zero-order valence-electron chi connectivity index (χ0n) is 43.9. The van der Waals surface area contributed by atoms with Gasteiger partial charge in [-0.2, -0.15) is 0 Å². The SMILES string of the molecule is [2H]c1nc2c(c([2H])c1[2H])c([2H])c([2H])c1c([2H])c([2H])c(-c3ccc(-c4ccc(-c5oc(-c6cccc7ccccc67)c(-c6cccc7ccccc67)c5-c5cccc6ccccc56)c5ccccc45)c4ccccc34)nc12. The Morgan fingerprint density at radius 3 is 1.26 bits per heavy atom. The van der Waals surface area contributed by atoms with Crippen molar-refractivity contribution in [2.45, 2.75) is 0 Å². The molecule has 3 aromatic heterocycles. The van der Waals surface area contributed by atoms with Gasteiger partial charge in [-0.1, -0.05) is 218 Å². The molecule has 0 unspecified atom stereocenters. The molecule has 0 aliphatic carbocycles. The number of fused-ring (bicyclic) bond motifs is 8. The van der Waals surface area contributed by atoms with Crippen LogP contribution in [0.2, 0.25) is 0 Å². The third-order valence-corrected chi connectivity index (χ3v) is 13.6. The molecule has 14 rings (SSSR count). The van der Waals surface area contributed by atoms with Gasteiger partial charge < -0.3 is 4.42 Å². The van der Waals surface area contributed by atoms with E-state index < -0.39 is 24.3 Å². The van der Waals surface area contributed by atoms with Gasteiger partial charge in [0.2, 0.25) is 0 Å². The molecule has 0 amide bonds. The highest BCUT2D eigenvalue weighted by Crippen LogP contribution is 2.54. The first kappa shape index (κ1) is 32.5. The van der Waals surface area contributed by atoms with Gasteiger partial charge in [-0.05, 0) is 94.3 Å². The maximum absolute atomic E-state index is 9.32. The van der Waals surface area contributed by atoms with Gasteiger partial charge in [0.25, 0.3) is 0 Å². The molecule has 0 bridgehead atoms. The van der Waals surface area contributed by atoms with Crippen LogP contribution in [0.3, 0.4) is 0 Å². The van der Waals surface area contributed by atoms with Crippen LogP contribution in [0, 0.1) is 0 Å². The largest absolute Gasteiger partial charge is 0.455 e. The fraction of sp³-hybridized carbons (Fsp3) is 0. The topological polar surface area (TPSA) is 38.9 Å². The number of rotatable bonds is 6. The predicted molar refractivity (Wildman–Crippen MR) is 289 cm³/mol. The lowest BCUT2D eigenvalue weighted by Crippen LogP contribution is -1.92. The lowest BCUT2D eigenvalue weighted by molar-refractivity contribution is 0.600. The molecule has 3 heterocycles. The average molecular weight is 884 g/mol. The van der Waals surface area contributed by atoms with Gasteiger partial charge in [-0.3, -0.25) is 4.98 Å². The molecule has 0 N–H and O–H groups in total. The summed E-state index contributed by atoms with van der Waals surface area (Å²) in [4.78, 5) is 9.21. The van der Waals surface area contributed by atoms with Gasteiger partial charge >= 0.3 is 0 Å². The van der Waals surface area contributed by atoms with Crippen molar-refractivity contribution in [2.24, 2.45) is 0 Å². The first-order chi connectivity index (χ1) is 37.2. The van der Waals surface area contributed by atoms with E-state index in [1.165, 1.54) is 0 Å². The Labute approximate surface area is 408 Å². The van der Waals surface area contributed by atoms with E-state index in [-0.39, 0.29) is 45.6 Å². The van der Waals surface area contributed by atoms with Crippen LogP contribution in [-0.2, 0) is 0 Å². The Bertz CT molecular complexity index is 4800. The molecule has 0 spiro atoms. The minimum Gasteiger partial charge on any atom is -0.455 e. The minimum atomic E-state index is -0.471. The van der Waals surface area contributed by atoms with Crippen LogP contribution in [0.5, 0.6) is 0 Å².